The predicted octanol–water partition coefficient (Wildman–Crippen LogP) is 3.53. The van der Waals surface area contributed by atoms with E-state index in [0.29, 0.717) is 34.5 Å². The monoisotopic (exact) mass is 479 g/mol. The summed E-state index contributed by atoms with van der Waals surface area (Å²) < 4.78 is 42.0. The quantitative estimate of drug-likeness (QED) is 0.403. The van der Waals surface area contributed by atoms with Crippen molar-refractivity contribution < 1.29 is 18.0 Å². The zero-order valence-corrected chi connectivity index (χ0v) is 18.0. The third-order valence-corrected chi connectivity index (χ3v) is 5.25. The molecule has 0 fully saturated rings. The number of hydrogen-bond acceptors (Lipinski definition) is 7. The molecule has 5 aromatic rings. The van der Waals surface area contributed by atoms with Crippen LogP contribution in [0.4, 0.5) is 24.7 Å². The zero-order valence-electron chi connectivity index (χ0n) is 18.0. The normalized spacial score (nSPS) is 11.7. The lowest BCUT2D eigenvalue weighted by Crippen LogP contribution is -2.15. The summed E-state index contributed by atoms with van der Waals surface area (Å²) in [4.78, 5) is 24.3. The number of anilines is 2. The van der Waals surface area contributed by atoms with Crippen molar-refractivity contribution in [2.75, 3.05) is 11.1 Å². The van der Waals surface area contributed by atoms with Crippen LogP contribution in [-0.4, -0.2) is 40.3 Å². The van der Waals surface area contributed by atoms with E-state index in [1.54, 1.807) is 46.0 Å². The van der Waals surface area contributed by atoms with Crippen molar-refractivity contribution in [1.82, 2.24) is 34.3 Å². The Hall–Kier alpha value is -4.81. The lowest BCUT2D eigenvalue weighted by atomic mass is 10.1. The first-order chi connectivity index (χ1) is 16.7. The Bertz CT molecular complexity index is 1570. The van der Waals surface area contributed by atoms with Gasteiger partial charge >= 0.3 is 6.18 Å². The lowest BCUT2D eigenvalue weighted by Gasteiger charge is -2.11. The molecule has 1 amide bonds. The average Bonchev–Trinajstić information content (AvgIpc) is 3.48. The molecule has 0 radical (unpaired) electrons. The summed E-state index contributed by atoms with van der Waals surface area (Å²) in [6.07, 6.45) is 3.46. The molecule has 1 aromatic carbocycles. The Balaban J connectivity index is 1.43. The fourth-order valence-corrected chi connectivity index (χ4v) is 3.47. The summed E-state index contributed by atoms with van der Waals surface area (Å²) >= 11 is 0. The van der Waals surface area contributed by atoms with Gasteiger partial charge in [-0.05, 0) is 30.7 Å². The van der Waals surface area contributed by atoms with Crippen LogP contribution < -0.4 is 11.1 Å². The predicted molar refractivity (Wildman–Crippen MR) is 120 cm³/mol. The van der Waals surface area contributed by atoms with E-state index in [-0.39, 0.29) is 11.4 Å². The number of alkyl halides is 3. The second-order valence-corrected chi connectivity index (χ2v) is 7.61. The fraction of sp³-hybridized carbons (Fsp3) is 0.0909. The Morgan fingerprint density at radius 2 is 1.89 bits per heavy atom. The molecule has 4 heterocycles. The molecule has 4 aromatic heterocycles. The number of fused-ring (bicyclic) bond motifs is 1. The number of imidazole rings is 1. The molecule has 35 heavy (non-hydrogen) atoms. The third kappa shape index (κ3) is 4.14. The first kappa shape index (κ1) is 22.0. The van der Waals surface area contributed by atoms with Crippen LogP contribution in [0.5, 0.6) is 0 Å². The van der Waals surface area contributed by atoms with E-state index in [2.05, 4.69) is 30.5 Å². The van der Waals surface area contributed by atoms with Crippen LogP contribution >= 0.6 is 0 Å². The highest BCUT2D eigenvalue weighted by atomic mass is 19.4. The third-order valence-electron chi connectivity index (χ3n) is 5.25. The molecule has 13 heteroatoms. The second-order valence-electron chi connectivity index (χ2n) is 7.61. The van der Waals surface area contributed by atoms with Crippen molar-refractivity contribution >= 4 is 23.1 Å². The highest BCUT2D eigenvalue weighted by molar-refractivity contribution is 6.04. The van der Waals surface area contributed by atoms with Crippen LogP contribution in [0.1, 0.15) is 21.5 Å². The summed E-state index contributed by atoms with van der Waals surface area (Å²) in [5.74, 6) is -0.476. The number of nitrogens with one attached hydrogen (secondary N) is 1. The molecule has 0 saturated carbocycles. The number of rotatable bonds is 4. The molecular weight excluding hydrogens is 463 g/mol. The molecule has 5 rings (SSSR count). The molecule has 3 N–H and O–H groups in total. The van der Waals surface area contributed by atoms with E-state index in [1.807, 2.05) is 6.92 Å². The highest BCUT2D eigenvalue weighted by Crippen LogP contribution is 2.29. The van der Waals surface area contributed by atoms with Crippen LogP contribution in [0.25, 0.3) is 22.6 Å². The number of pyridine rings is 1. The van der Waals surface area contributed by atoms with Gasteiger partial charge < -0.3 is 11.1 Å². The molecule has 0 spiro atoms. The smallest absolute Gasteiger partial charge is 0.381 e. The first-order valence-corrected chi connectivity index (χ1v) is 10.1. The Morgan fingerprint density at radius 3 is 2.69 bits per heavy atom. The molecule has 0 unspecified atom stereocenters. The van der Waals surface area contributed by atoms with Crippen molar-refractivity contribution in [3.63, 3.8) is 0 Å². The Morgan fingerprint density at radius 1 is 1.06 bits per heavy atom. The number of halogens is 3. The molecular formula is C22H16F3N9O. The van der Waals surface area contributed by atoms with Gasteiger partial charge in [0.15, 0.2) is 11.5 Å². The minimum atomic E-state index is -4.60. The van der Waals surface area contributed by atoms with Crippen molar-refractivity contribution in [3.8, 4) is 16.9 Å². The van der Waals surface area contributed by atoms with Crippen molar-refractivity contribution in [2.45, 2.75) is 13.1 Å². The maximum Gasteiger partial charge on any atom is 0.417 e. The number of aromatic nitrogens is 7. The van der Waals surface area contributed by atoms with Gasteiger partial charge in [0.25, 0.3) is 5.91 Å². The van der Waals surface area contributed by atoms with Gasteiger partial charge in [0.2, 0.25) is 0 Å². The van der Waals surface area contributed by atoms with Gasteiger partial charge in [-0.25, -0.2) is 19.2 Å². The zero-order chi connectivity index (χ0) is 24.7. The van der Waals surface area contributed by atoms with E-state index in [0.717, 1.165) is 17.8 Å². The maximum atomic E-state index is 13.0. The number of nitrogens with zero attached hydrogens (tertiary/aromatic N) is 7. The number of amides is 1. The second kappa shape index (κ2) is 8.20. The van der Waals surface area contributed by atoms with E-state index in [1.165, 1.54) is 6.33 Å². The molecule has 0 aliphatic carbocycles. The number of benzene rings is 1. The van der Waals surface area contributed by atoms with E-state index >= 15 is 0 Å². The molecule has 176 valence electrons. The molecule has 0 bridgehead atoms. The topological polar surface area (TPSA) is 129 Å². The van der Waals surface area contributed by atoms with Crippen LogP contribution in [0.3, 0.4) is 0 Å². The Kier molecular flexibility index (Phi) is 5.16. The van der Waals surface area contributed by atoms with Gasteiger partial charge in [-0.15, -0.1) is 0 Å². The molecule has 0 atom stereocenters. The minimum absolute atomic E-state index is 0.211. The average molecular weight is 479 g/mol. The maximum absolute atomic E-state index is 13.0. The van der Waals surface area contributed by atoms with Gasteiger partial charge in [0, 0.05) is 29.8 Å². The van der Waals surface area contributed by atoms with Gasteiger partial charge in [-0.2, -0.15) is 23.4 Å². The van der Waals surface area contributed by atoms with Crippen LogP contribution in [0.2, 0.25) is 0 Å². The first-order valence-electron chi connectivity index (χ1n) is 10.1. The fourth-order valence-electron chi connectivity index (χ4n) is 3.47. The standard InChI is InChI=1S/C22H16F3N9O/c1-12-2-3-16(32-21(35)13-4-15(8-27-6-13)22(23,24)25)5-17(12)33-10-14(7-30-33)18-9-28-20-19(26)29-11-31-34(18)20/h2-11H,1H3,(H,32,35)(H2,26,29,31). The van der Waals surface area contributed by atoms with Crippen molar-refractivity contribution in [3.05, 3.63) is 78.3 Å². The summed E-state index contributed by atoms with van der Waals surface area (Å²) in [7, 11) is 0. The van der Waals surface area contributed by atoms with Crippen LogP contribution in [-0.2, 0) is 6.18 Å². The molecule has 0 aliphatic rings. The van der Waals surface area contributed by atoms with Gasteiger partial charge in [-0.3, -0.25) is 9.78 Å². The summed E-state index contributed by atoms with van der Waals surface area (Å²) in [6.45, 7) is 1.86. The van der Waals surface area contributed by atoms with E-state index < -0.39 is 17.6 Å². The SMILES string of the molecule is Cc1ccc(NC(=O)c2cncc(C(F)(F)F)c2)cc1-n1cc(-c2cnc3c(N)ncnn23)cn1. The number of carbonyl (C=O) groups is 1. The summed E-state index contributed by atoms with van der Waals surface area (Å²) in [5.41, 5.74) is 8.28. The van der Waals surface area contributed by atoms with E-state index in [4.69, 9.17) is 5.73 Å². The van der Waals surface area contributed by atoms with Crippen LogP contribution in [0.15, 0.2) is 61.6 Å². The van der Waals surface area contributed by atoms with Gasteiger partial charge in [0.1, 0.15) is 6.33 Å². The molecule has 0 saturated heterocycles. The minimum Gasteiger partial charge on any atom is -0.381 e. The number of nitrogens with two attached hydrogens (primary N) is 1. The number of hydrogen-bond donors (Lipinski definition) is 2. The highest BCUT2D eigenvalue weighted by Gasteiger charge is 2.31. The Labute approximate surface area is 195 Å². The molecule has 10 nitrogen and oxygen atoms in total. The largest absolute Gasteiger partial charge is 0.417 e. The van der Waals surface area contributed by atoms with Crippen LogP contribution in [0, 0.1) is 6.92 Å². The molecule has 0 aliphatic heterocycles. The van der Waals surface area contributed by atoms with Gasteiger partial charge in [0.05, 0.1) is 34.9 Å². The lowest BCUT2D eigenvalue weighted by molar-refractivity contribution is -0.137. The van der Waals surface area contributed by atoms with Crippen molar-refractivity contribution in [1.29, 1.82) is 0 Å². The van der Waals surface area contributed by atoms with Gasteiger partial charge in [-0.1, -0.05) is 6.07 Å². The van der Waals surface area contributed by atoms with E-state index in [9.17, 15) is 18.0 Å². The summed E-state index contributed by atoms with van der Waals surface area (Å²) in [6, 6.07) is 5.83. The number of nitrogen functional groups attached to an aromatic ring is 1. The van der Waals surface area contributed by atoms with Crippen molar-refractivity contribution in [2.24, 2.45) is 0 Å². The number of carbonyl (C=O) groups excluding carboxylic acids is 1. The summed E-state index contributed by atoms with van der Waals surface area (Å²) in [5, 5.41) is 11.2. The number of aryl methyl sites for hydroxylation is 1.